The van der Waals surface area contributed by atoms with E-state index in [1.165, 1.54) is 34.5 Å². The highest BCUT2D eigenvalue weighted by Gasteiger charge is 2.43. The van der Waals surface area contributed by atoms with Gasteiger partial charge in [0.1, 0.15) is 5.75 Å². The molecule has 1 rings (SSSR count). The second kappa shape index (κ2) is 9.05. The lowest BCUT2D eigenvalue weighted by Gasteiger charge is -2.28. The number of rotatable bonds is 7. The third kappa shape index (κ3) is 5.61. The Labute approximate surface area is 174 Å². The molecule has 1 aromatic rings. The predicted molar refractivity (Wildman–Crippen MR) is 117 cm³/mol. The highest BCUT2D eigenvalue weighted by atomic mass is 31.2. The smallest absolute Gasteiger partial charge is 0.369 e. The van der Waals surface area contributed by atoms with Gasteiger partial charge in [-0.15, -0.1) is 0 Å². The van der Waals surface area contributed by atoms with Crippen molar-refractivity contribution < 1.29 is 32.3 Å². The summed E-state index contributed by atoms with van der Waals surface area (Å²) < 4.78 is 46.6. The van der Waals surface area contributed by atoms with Crippen molar-refractivity contribution in [1.29, 1.82) is 0 Å². The Morgan fingerprint density at radius 3 is 1.34 bits per heavy atom. The maximum atomic E-state index is 13.2. The van der Waals surface area contributed by atoms with Gasteiger partial charge in [-0.05, 0) is 34.6 Å². The molecule has 0 atom stereocenters. The Kier molecular flexibility index (Phi) is 8.14. The van der Waals surface area contributed by atoms with Crippen LogP contribution in [-0.4, -0.2) is 33.5 Å². The molecule has 1 aromatic carbocycles. The lowest BCUT2D eigenvalue weighted by molar-refractivity contribution is 0.269. The summed E-state index contributed by atoms with van der Waals surface area (Å²) in [5, 5.41) is 10.7. The molecular weight excluding hydrogens is 414 g/mol. The molecule has 0 aliphatic heterocycles. The molecule has 0 heterocycles. The molecule has 166 valence electrons. The van der Waals surface area contributed by atoms with E-state index in [2.05, 4.69) is 0 Å². The fourth-order valence-corrected chi connectivity index (χ4v) is 6.70. The van der Waals surface area contributed by atoms with Crippen molar-refractivity contribution in [3.63, 3.8) is 0 Å². The van der Waals surface area contributed by atoms with Crippen LogP contribution < -0.4 is 0 Å². The third-order valence-corrected chi connectivity index (χ3v) is 9.34. The van der Waals surface area contributed by atoms with Crippen molar-refractivity contribution in [3.05, 3.63) is 33.9 Å². The zero-order chi connectivity index (χ0) is 22.8. The van der Waals surface area contributed by atoms with Gasteiger partial charge in [0.05, 0.1) is 0 Å². The van der Waals surface area contributed by atoms with Crippen LogP contribution in [0, 0.1) is 0 Å². The quantitative estimate of drug-likeness (QED) is 0.493. The van der Waals surface area contributed by atoms with E-state index in [9.17, 15) is 14.2 Å². The molecule has 7 nitrogen and oxygen atoms in total. The average molecular weight is 448 g/mol. The predicted octanol–water partition coefficient (Wildman–Crippen LogP) is 6.26. The molecule has 0 saturated carbocycles. The highest BCUT2D eigenvalue weighted by molar-refractivity contribution is 7.79. The van der Waals surface area contributed by atoms with Gasteiger partial charge in [0.25, 0.3) is 0 Å². The molecule has 0 amide bonds. The Morgan fingerprint density at radius 2 is 1.10 bits per heavy atom. The first-order chi connectivity index (χ1) is 13.1. The summed E-state index contributed by atoms with van der Waals surface area (Å²) in [4.78, 5) is 0. The Bertz CT molecular complexity index is 782. The van der Waals surface area contributed by atoms with Crippen LogP contribution in [0.1, 0.15) is 58.2 Å². The average Bonchev–Trinajstić information content (AvgIpc) is 2.63. The van der Waals surface area contributed by atoms with Crippen LogP contribution in [0.15, 0.2) is 17.2 Å². The third-order valence-electron chi connectivity index (χ3n) is 4.57. The van der Waals surface area contributed by atoms with Gasteiger partial charge in [0.15, 0.2) is 5.06 Å². The molecule has 0 fully saturated rings. The fraction of sp³-hybridized carbons (Fsp3) is 0.600. The lowest BCUT2D eigenvalue weighted by Crippen LogP contribution is -2.17. The molecule has 1 N–H and O–H groups in total. The van der Waals surface area contributed by atoms with E-state index in [1.807, 2.05) is 41.5 Å². The van der Waals surface area contributed by atoms with Gasteiger partial charge in [-0.3, -0.25) is 9.13 Å². The summed E-state index contributed by atoms with van der Waals surface area (Å²) in [6, 6.07) is 3.52. The van der Waals surface area contributed by atoms with Crippen molar-refractivity contribution in [3.8, 4) is 5.75 Å². The molecule has 0 bridgehead atoms. The second-order valence-electron chi connectivity index (χ2n) is 8.69. The minimum absolute atomic E-state index is 0.201. The van der Waals surface area contributed by atoms with Gasteiger partial charge in [0.2, 0.25) is 0 Å². The fourth-order valence-electron chi connectivity index (χ4n) is 2.86. The summed E-state index contributed by atoms with van der Waals surface area (Å²) in [6.45, 7) is 11.9. The molecule has 0 aliphatic carbocycles. The van der Waals surface area contributed by atoms with Gasteiger partial charge in [0, 0.05) is 39.6 Å². The monoisotopic (exact) mass is 448 g/mol. The first-order valence-electron chi connectivity index (χ1n) is 9.13. The van der Waals surface area contributed by atoms with Crippen LogP contribution in [0.5, 0.6) is 5.75 Å². The van der Waals surface area contributed by atoms with Crippen molar-refractivity contribution >= 4 is 21.3 Å². The van der Waals surface area contributed by atoms with E-state index in [0.717, 1.165) is 0 Å². The van der Waals surface area contributed by atoms with E-state index in [0.29, 0.717) is 16.7 Å². The Morgan fingerprint density at radius 1 is 0.793 bits per heavy atom. The van der Waals surface area contributed by atoms with Crippen molar-refractivity contribution in [2.45, 2.75) is 52.4 Å². The molecule has 0 aromatic heterocycles. The van der Waals surface area contributed by atoms with Gasteiger partial charge >= 0.3 is 15.2 Å². The first-order valence-corrected chi connectivity index (χ1v) is 12.2. The minimum Gasteiger partial charge on any atom is -0.507 e. The molecule has 0 aliphatic rings. The van der Waals surface area contributed by atoms with E-state index in [1.54, 1.807) is 12.1 Å². The van der Waals surface area contributed by atoms with Gasteiger partial charge in [-0.25, -0.2) is 0 Å². The van der Waals surface area contributed by atoms with Crippen molar-refractivity contribution in [2.24, 2.45) is 0 Å². The summed E-state index contributed by atoms with van der Waals surface area (Å²) >= 11 is 0. The molecule has 0 unspecified atom stereocenters. The standard InChI is InChI=1S/C20H34O7P2/c1-19(2,3)15-11-14(12-16(18(15)21)20(4,5)6)13-17(28(22,24-7)25-8)29(23,26-9)27-10/h11-13,21H,1-10H3. The normalized spacial score (nSPS) is 13.4. The van der Waals surface area contributed by atoms with Gasteiger partial charge < -0.3 is 23.2 Å². The summed E-state index contributed by atoms with van der Waals surface area (Å²) in [5.41, 5.74) is 1.23. The number of aromatic hydroxyl groups is 1. The maximum Gasteiger partial charge on any atom is 0.369 e. The van der Waals surface area contributed by atoms with Crippen molar-refractivity contribution in [1.82, 2.24) is 0 Å². The zero-order valence-electron chi connectivity index (χ0n) is 19.0. The number of phenolic OH excluding ortho intramolecular Hbond substituents is 1. The molecule has 0 spiro atoms. The first kappa shape index (κ1) is 26.1. The lowest BCUT2D eigenvalue weighted by atomic mass is 9.78. The summed E-state index contributed by atoms with van der Waals surface area (Å²) in [5.74, 6) is 0.201. The largest absolute Gasteiger partial charge is 0.507 e. The molecule has 9 heteroatoms. The van der Waals surface area contributed by atoms with Crippen LogP contribution in [0.4, 0.5) is 0 Å². The molecule has 29 heavy (non-hydrogen) atoms. The Hall–Kier alpha value is -0.940. The number of hydrogen-bond donors (Lipinski definition) is 1. The SMILES string of the molecule is COP(=O)(OC)C(=Cc1cc(C(C)(C)C)c(O)c(C(C)(C)C)c1)P(=O)(OC)OC. The van der Waals surface area contributed by atoms with Gasteiger partial charge in [-0.1, -0.05) is 41.5 Å². The summed E-state index contributed by atoms with van der Waals surface area (Å²) in [7, 11) is -3.10. The second-order valence-corrected chi connectivity index (χ2v) is 13.5. The molecule has 0 saturated heterocycles. The number of benzene rings is 1. The Balaban J connectivity index is 4.00. The number of phenols is 1. The molecule has 0 radical (unpaired) electrons. The van der Waals surface area contributed by atoms with Crippen molar-refractivity contribution in [2.75, 3.05) is 28.4 Å². The summed E-state index contributed by atoms with van der Waals surface area (Å²) in [6.07, 6.45) is 1.44. The van der Waals surface area contributed by atoms with E-state index >= 15 is 0 Å². The van der Waals surface area contributed by atoms with E-state index in [-0.39, 0.29) is 21.6 Å². The molecular formula is C20H34O7P2. The van der Waals surface area contributed by atoms with E-state index in [4.69, 9.17) is 18.1 Å². The van der Waals surface area contributed by atoms with Crippen LogP contribution in [-0.2, 0) is 38.1 Å². The van der Waals surface area contributed by atoms with Crippen LogP contribution in [0.2, 0.25) is 0 Å². The van der Waals surface area contributed by atoms with Crippen LogP contribution in [0.3, 0.4) is 0 Å². The van der Waals surface area contributed by atoms with Gasteiger partial charge in [-0.2, -0.15) is 0 Å². The topological polar surface area (TPSA) is 91.3 Å². The highest BCUT2D eigenvalue weighted by Crippen LogP contribution is 2.73. The zero-order valence-corrected chi connectivity index (χ0v) is 20.8. The van der Waals surface area contributed by atoms with E-state index < -0.39 is 15.2 Å². The maximum absolute atomic E-state index is 13.2. The minimum atomic E-state index is -3.95. The van der Waals surface area contributed by atoms with Crippen LogP contribution in [0.25, 0.3) is 6.08 Å². The number of hydrogen-bond acceptors (Lipinski definition) is 7. The van der Waals surface area contributed by atoms with Crippen LogP contribution >= 0.6 is 15.2 Å².